The minimum Gasteiger partial charge on any atom is -0.306 e. The number of aromatic amines is 2. The number of benzene rings is 3. The van der Waals surface area contributed by atoms with E-state index in [4.69, 9.17) is 0 Å². The summed E-state index contributed by atoms with van der Waals surface area (Å²) in [6.45, 7) is 0. The van der Waals surface area contributed by atoms with Crippen molar-refractivity contribution in [1.29, 1.82) is 0 Å². The molecule has 148 valence electrons. The van der Waals surface area contributed by atoms with Gasteiger partial charge in [-0.3, -0.25) is 0 Å². The van der Waals surface area contributed by atoms with E-state index in [0.29, 0.717) is 11.1 Å². The topological polar surface area (TPSA) is 82.8 Å². The van der Waals surface area contributed by atoms with Crippen LogP contribution in [0.4, 0.5) is 8.78 Å². The molecule has 0 saturated heterocycles. The molecule has 1 aromatic heterocycles. The molecule has 0 atom stereocenters. The number of halogens is 2. The average molecular weight is 414 g/mol. The summed E-state index contributed by atoms with van der Waals surface area (Å²) in [5.74, 6) is -1.64. The molecule has 29 heavy (non-hydrogen) atoms. The Morgan fingerprint density at radius 2 is 1.41 bits per heavy atom. The van der Waals surface area contributed by atoms with Crippen LogP contribution < -0.4 is 5.69 Å². The van der Waals surface area contributed by atoms with Crippen molar-refractivity contribution < 1.29 is 17.2 Å². The number of rotatable bonds is 4. The Kier molecular flexibility index (Phi) is 4.58. The van der Waals surface area contributed by atoms with Crippen molar-refractivity contribution in [2.75, 3.05) is 6.26 Å². The molecule has 3 aromatic carbocycles. The number of H-pyrrole nitrogens is 2. The molecule has 0 aliphatic rings. The zero-order chi connectivity index (χ0) is 20.8. The first-order valence-electron chi connectivity index (χ1n) is 8.69. The van der Waals surface area contributed by atoms with Gasteiger partial charge in [-0.15, -0.1) is 0 Å². The molecule has 8 heteroatoms. The predicted octanol–water partition coefficient (Wildman–Crippen LogP) is 4.01. The summed E-state index contributed by atoms with van der Waals surface area (Å²) >= 11 is 0. The molecule has 0 amide bonds. The molecule has 1 heterocycles. The van der Waals surface area contributed by atoms with Crippen molar-refractivity contribution in [3.8, 4) is 22.3 Å². The Hall–Kier alpha value is -3.26. The predicted molar refractivity (Wildman–Crippen MR) is 108 cm³/mol. The van der Waals surface area contributed by atoms with E-state index in [9.17, 15) is 22.0 Å². The van der Waals surface area contributed by atoms with Gasteiger partial charge in [-0.05, 0) is 22.3 Å². The van der Waals surface area contributed by atoms with Crippen molar-refractivity contribution in [2.45, 2.75) is 5.75 Å². The van der Waals surface area contributed by atoms with Gasteiger partial charge in [0.05, 0.1) is 16.8 Å². The first-order chi connectivity index (χ1) is 13.7. The van der Waals surface area contributed by atoms with Crippen LogP contribution in [-0.4, -0.2) is 24.6 Å². The summed E-state index contributed by atoms with van der Waals surface area (Å²) in [6.07, 6.45) is 1.18. The molecule has 5 nitrogen and oxygen atoms in total. The van der Waals surface area contributed by atoms with Crippen molar-refractivity contribution >= 4 is 20.9 Å². The lowest BCUT2D eigenvalue weighted by atomic mass is 9.98. The van der Waals surface area contributed by atoms with Crippen LogP contribution in [0.2, 0.25) is 0 Å². The minimum absolute atomic E-state index is 0.0332. The van der Waals surface area contributed by atoms with Crippen LogP contribution in [0.15, 0.2) is 59.4 Å². The van der Waals surface area contributed by atoms with Crippen LogP contribution in [0, 0.1) is 11.6 Å². The quantitative estimate of drug-likeness (QED) is 0.529. The Bertz CT molecular complexity index is 1370. The Morgan fingerprint density at radius 3 is 2.00 bits per heavy atom. The standard InChI is InChI=1S/C21H16F2N2O3S/c1-29(27,28)11-12-2-4-13(5-3-12)14-6-8-15(9-7-14)18-16(22)10-17-20(19(18)23)25-21(26)24-17/h2-10H,11H2,1H3,(H2,24,25,26). The van der Waals surface area contributed by atoms with Crippen molar-refractivity contribution in [3.63, 3.8) is 0 Å². The molecule has 0 aliphatic heterocycles. The van der Waals surface area contributed by atoms with E-state index < -0.39 is 27.2 Å². The summed E-state index contributed by atoms with van der Waals surface area (Å²) in [6, 6.07) is 14.8. The average Bonchev–Trinajstić information content (AvgIpc) is 3.02. The first-order valence-corrected chi connectivity index (χ1v) is 10.7. The number of hydrogen-bond donors (Lipinski definition) is 2. The maximum Gasteiger partial charge on any atom is 0.323 e. The highest BCUT2D eigenvalue weighted by molar-refractivity contribution is 7.89. The second-order valence-electron chi connectivity index (χ2n) is 6.89. The molecule has 0 saturated carbocycles. The summed E-state index contributed by atoms with van der Waals surface area (Å²) < 4.78 is 52.0. The van der Waals surface area contributed by atoms with Crippen LogP contribution in [-0.2, 0) is 15.6 Å². The van der Waals surface area contributed by atoms with Gasteiger partial charge in [0, 0.05) is 12.3 Å². The highest BCUT2D eigenvalue weighted by Gasteiger charge is 2.17. The molecular weight excluding hydrogens is 398 g/mol. The van der Waals surface area contributed by atoms with Crippen LogP contribution in [0.3, 0.4) is 0 Å². The maximum absolute atomic E-state index is 14.8. The van der Waals surface area contributed by atoms with E-state index in [1.165, 1.54) is 6.26 Å². The lowest BCUT2D eigenvalue weighted by Gasteiger charge is -2.08. The zero-order valence-electron chi connectivity index (χ0n) is 15.3. The van der Waals surface area contributed by atoms with E-state index in [2.05, 4.69) is 9.97 Å². The Morgan fingerprint density at radius 1 is 0.862 bits per heavy atom. The van der Waals surface area contributed by atoms with Crippen LogP contribution in [0.25, 0.3) is 33.3 Å². The third kappa shape index (κ3) is 3.84. The molecule has 4 rings (SSSR count). The largest absolute Gasteiger partial charge is 0.323 e. The highest BCUT2D eigenvalue weighted by Crippen LogP contribution is 2.31. The molecule has 2 N–H and O–H groups in total. The molecule has 0 aliphatic carbocycles. The molecule has 0 radical (unpaired) electrons. The maximum atomic E-state index is 14.8. The van der Waals surface area contributed by atoms with E-state index in [1.807, 2.05) is 0 Å². The molecular formula is C21H16F2N2O3S. The first kappa shape index (κ1) is 19.1. The third-order valence-electron chi connectivity index (χ3n) is 4.59. The van der Waals surface area contributed by atoms with Crippen molar-refractivity contribution in [2.24, 2.45) is 0 Å². The summed E-state index contributed by atoms with van der Waals surface area (Å²) in [5, 5.41) is 0. The van der Waals surface area contributed by atoms with E-state index in [0.717, 1.165) is 17.2 Å². The Labute approximate surface area is 165 Å². The summed E-state index contributed by atoms with van der Waals surface area (Å²) in [7, 11) is -3.11. The minimum atomic E-state index is -3.11. The van der Waals surface area contributed by atoms with Gasteiger partial charge in [-0.1, -0.05) is 48.5 Å². The Balaban J connectivity index is 1.68. The van der Waals surface area contributed by atoms with Gasteiger partial charge in [0.25, 0.3) is 0 Å². The van der Waals surface area contributed by atoms with Gasteiger partial charge in [-0.25, -0.2) is 22.0 Å². The molecule has 0 unspecified atom stereocenters. The number of imidazole rings is 1. The van der Waals surface area contributed by atoms with Crippen LogP contribution in [0.1, 0.15) is 5.56 Å². The lowest BCUT2D eigenvalue weighted by Crippen LogP contribution is -2.00. The van der Waals surface area contributed by atoms with Gasteiger partial charge >= 0.3 is 5.69 Å². The van der Waals surface area contributed by atoms with Gasteiger partial charge < -0.3 is 9.97 Å². The molecule has 0 bridgehead atoms. The molecule has 4 aromatic rings. The normalized spacial score (nSPS) is 11.8. The van der Waals surface area contributed by atoms with Crippen LogP contribution in [0.5, 0.6) is 0 Å². The van der Waals surface area contributed by atoms with Gasteiger partial charge in [0.2, 0.25) is 0 Å². The SMILES string of the molecule is CS(=O)(=O)Cc1ccc(-c2ccc(-c3c(F)cc4[nH]c(=O)[nH]c4c3F)cc2)cc1. The summed E-state index contributed by atoms with van der Waals surface area (Å²) in [5.41, 5.74) is 1.85. The second-order valence-corrected chi connectivity index (χ2v) is 9.03. The van der Waals surface area contributed by atoms with Gasteiger partial charge in [0.15, 0.2) is 15.7 Å². The molecule has 0 fully saturated rings. The fourth-order valence-electron chi connectivity index (χ4n) is 3.30. The van der Waals surface area contributed by atoms with E-state index >= 15 is 0 Å². The number of sulfone groups is 1. The van der Waals surface area contributed by atoms with Crippen molar-refractivity contribution in [3.05, 3.63) is 82.3 Å². The van der Waals surface area contributed by atoms with Gasteiger partial charge in [-0.2, -0.15) is 0 Å². The highest BCUT2D eigenvalue weighted by atomic mass is 32.2. The monoisotopic (exact) mass is 414 g/mol. The zero-order valence-corrected chi connectivity index (χ0v) is 16.1. The van der Waals surface area contributed by atoms with Crippen molar-refractivity contribution in [1.82, 2.24) is 9.97 Å². The number of aromatic nitrogens is 2. The number of fused-ring (bicyclic) bond motifs is 1. The fraction of sp³-hybridized carbons (Fsp3) is 0.0952. The second kappa shape index (κ2) is 6.97. The number of nitrogens with one attached hydrogen (secondary N) is 2. The van der Waals surface area contributed by atoms with E-state index in [1.54, 1.807) is 48.5 Å². The summed E-state index contributed by atoms with van der Waals surface area (Å²) in [4.78, 5) is 16.0. The molecule has 0 spiro atoms. The van der Waals surface area contributed by atoms with Crippen LogP contribution >= 0.6 is 0 Å². The third-order valence-corrected chi connectivity index (χ3v) is 5.45. The lowest BCUT2D eigenvalue weighted by molar-refractivity contribution is 0.596. The van der Waals surface area contributed by atoms with Gasteiger partial charge in [0.1, 0.15) is 11.3 Å². The smallest absolute Gasteiger partial charge is 0.306 e. The number of hydrogen-bond acceptors (Lipinski definition) is 3. The van der Waals surface area contributed by atoms with E-state index in [-0.39, 0.29) is 22.3 Å². The fourth-order valence-corrected chi connectivity index (χ4v) is 4.10.